The van der Waals surface area contributed by atoms with Gasteiger partial charge in [0.25, 0.3) is 0 Å². The monoisotopic (exact) mass is 440 g/mol. The van der Waals surface area contributed by atoms with Crippen LogP contribution < -0.4 is 4.74 Å². The molecule has 1 fully saturated rings. The van der Waals surface area contributed by atoms with Crippen molar-refractivity contribution in [2.45, 2.75) is 43.5 Å². The van der Waals surface area contributed by atoms with Gasteiger partial charge in [-0.25, -0.2) is 4.89 Å². The van der Waals surface area contributed by atoms with Gasteiger partial charge in [0, 0.05) is 10.6 Å². The smallest absolute Gasteiger partial charge is 0.144 e. The molecule has 1 heterocycles. The van der Waals surface area contributed by atoms with Crippen LogP contribution in [0.25, 0.3) is 0 Å². The second kappa shape index (κ2) is 10.0. The highest BCUT2D eigenvalue weighted by atomic mass is 35.5. The molecule has 0 aliphatic carbocycles. The minimum Gasteiger partial charge on any atom is -0.494 e. The van der Waals surface area contributed by atoms with Gasteiger partial charge in [-0.1, -0.05) is 29.8 Å². The van der Waals surface area contributed by atoms with Crippen LogP contribution in [0.3, 0.4) is 0 Å². The predicted octanol–water partition coefficient (Wildman–Crippen LogP) is 1.83. The highest BCUT2D eigenvalue weighted by Crippen LogP contribution is 2.37. The molecule has 1 saturated heterocycles. The van der Waals surface area contributed by atoms with E-state index in [1.807, 2.05) is 6.92 Å². The minimum atomic E-state index is -1.50. The van der Waals surface area contributed by atoms with Crippen LogP contribution in [0.2, 0.25) is 5.02 Å². The van der Waals surface area contributed by atoms with Gasteiger partial charge in [-0.15, -0.1) is 0 Å². The van der Waals surface area contributed by atoms with E-state index in [9.17, 15) is 25.7 Å². The molecule has 1 unspecified atom stereocenters. The topological polar surface area (TPSA) is 129 Å². The van der Waals surface area contributed by atoms with Gasteiger partial charge < -0.3 is 29.9 Å². The first-order valence-electron chi connectivity index (χ1n) is 9.54. The van der Waals surface area contributed by atoms with E-state index in [1.165, 1.54) is 0 Å². The van der Waals surface area contributed by atoms with E-state index in [2.05, 4.69) is 0 Å². The summed E-state index contributed by atoms with van der Waals surface area (Å²) >= 11 is 6.34. The first kappa shape index (κ1) is 22.9. The van der Waals surface area contributed by atoms with E-state index in [1.54, 1.807) is 42.5 Å². The largest absolute Gasteiger partial charge is 0.494 e. The molecule has 0 radical (unpaired) electrons. The molecule has 0 saturated carbocycles. The number of benzene rings is 2. The van der Waals surface area contributed by atoms with Crippen LogP contribution in [0.5, 0.6) is 5.75 Å². The van der Waals surface area contributed by atoms with Crippen molar-refractivity contribution >= 4 is 11.6 Å². The van der Waals surface area contributed by atoms with Gasteiger partial charge in [0.15, 0.2) is 0 Å². The summed E-state index contributed by atoms with van der Waals surface area (Å²) in [4.78, 5) is 4.69. The first-order chi connectivity index (χ1) is 14.4. The van der Waals surface area contributed by atoms with Gasteiger partial charge in [-0.05, 0) is 42.3 Å². The fourth-order valence-electron chi connectivity index (χ4n) is 3.52. The molecule has 3 rings (SSSR count). The Morgan fingerprint density at radius 1 is 1.03 bits per heavy atom. The average molecular weight is 441 g/mol. The quantitative estimate of drug-likeness (QED) is 0.326. The number of hydrogen-bond donors (Lipinski definition) is 5. The van der Waals surface area contributed by atoms with Crippen molar-refractivity contribution in [3.05, 3.63) is 64.2 Å². The van der Waals surface area contributed by atoms with Gasteiger partial charge in [-0.3, -0.25) is 5.26 Å². The highest BCUT2D eigenvalue weighted by Gasteiger charge is 2.44. The van der Waals surface area contributed by atoms with Crippen molar-refractivity contribution in [1.82, 2.24) is 0 Å². The SMILES string of the molecule is CCOc1ccc(C(OO)c2cc([C@@H]3O[C@H](CO)[C@@H](O)[C@H](O)[C@H]3O)ccc2Cl)cc1. The van der Waals surface area contributed by atoms with Crippen molar-refractivity contribution < 1.29 is 40.0 Å². The molecule has 0 bridgehead atoms. The summed E-state index contributed by atoms with van der Waals surface area (Å²) in [5.74, 6) is 0.666. The normalized spacial score (nSPS) is 27.6. The van der Waals surface area contributed by atoms with Crippen molar-refractivity contribution in [1.29, 1.82) is 0 Å². The standard InChI is InChI=1S/C21H25ClO8/c1-2-28-13-6-3-11(4-7-13)20(30-27)14-9-12(5-8-15(14)22)21-19(26)18(25)17(24)16(10-23)29-21/h3-9,16-21,23-27H,2,10H2,1H3/t16-,17-,18+,19-,20?,21+/m1/s1. The van der Waals surface area contributed by atoms with Gasteiger partial charge in [0.1, 0.15) is 42.4 Å². The third kappa shape index (κ3) is 4.61. The Morgan fingerprint density at radius 2 is 1.73 bits per heavy atom. The van der Waals surface area contributed by atoms with Gasteiger partial charge in [-0.2, -0.15) is 0 Å². The Balaban J connectivity index is 1.93. The number of aliphatic hydroxyl groups excluding tert-OH is 4. The summed E-state index contributed by atoms with van der Waals surface area (Å²) in [5.41, 5.74) is 1.44. The number of aliphatic hydroxyl groups is 4. The lowest BCUT2D eigenvalue weighted by Crippen LogP contribution is -2.55. The molecule has 1 aliphatic heterocycles. The van der Waals surface area contributed by atoms with Crippen LogP contribution in [0, 0.1) is 0 Å². The fourth-order valence-corrected chi connectivity index (χ4v) is 3.74. The molecule has 5 N–H and O–H groups in total. The molecule has 6 atom stereocenters. The Bertz CT molecular complexity index is 828. The van der Waals surface area contributed by atoms with Crippen LogP contribution in [0.15, 0.2) is 42.5 Å². The van der Waals surface area contributed by atoms with Crippen molar-refractivity contribution in [2.24, 2.45) is 0 Å². The summed E-state index contributed by atoms with van der Waals surface area (Å²) in [6.45, 7) is 1.86. The molecule has 0 spiro atoms. The number of halogens is 1. The van der Waals surface area contributed by atoms with E-state index in [4.69, 9.17) is 26.0 Å². The molecule has 0 aromatic heterocycles. The molecule has 2 aromatic carbocycles. The van der Waals surface area contributed by atoms with E-state index in [0.717, 1.165) is 0 Å². The maximum absolute atomic E-state index is 10.4. The Kier molecular flexibility index (Phi) is 7.67. The molecule has 0 amide bonds. The summed E-state index contributed by atoms with van der Waals surface area (Å²) in [5, 5.41) is 49.7. The number of ether oxygens (including phenoxy) is 2. The fraction of sp³-hybridized carbons (Fsp3) is 0.429. The number of hydrogen-bond acceptors (Lipinski definition) is 8. The van der Waals surface area contributed by atoms with Crippen molar-refractivity contribution in [3.8, 4) is 5.75 Å². The average Bonchev–Trinajstić information content (AvgIpc) is 2.76. The maximum atomic E-state index is 10.4. The van der Waals surface area contributed by atoms with Crippen LogP contribution in [0.4, 0.5) is 0 Å². The summed E-state index contributed by atoms with van der Waals surface area (Å²) in [7, 11) is 0. The lowest BCUT2D eigenvalue weighted by atomic mass is 9.89. The van der Waals surface area contributed by atoms with Crippen molar-refractivity contribution in [2.75, 3.05) is 13.2 Å². The molecule has 1 aliphatic rings. The molecule has 2 aromatic rings. The van der Waals surface area contributed by atoms with Gasteiger partial charge >= 0.3 is 0 Å². The zero-order valence-electron chi connectivity index (χ0n) is 16.3. The van der Waals surface area contributed by atoms with Gasteiger partial charge in [0.2, 0.25) is 0 Å². The Hall–Kier alpha value is -1.75. The first-order valence-corrected chi connectivity index (χ1v) is 9.91. The third-order valence-electron chi connectivity index (χ3n) is 5.12. The molecule has 30 heavy (non-hydrogen) atoms. The lowest BCUT2D eigenvalue weighted by Gasteiger charge is -2.40. The van der Waals surface area contributed by atoms with Crippen LogP contribution in [-0.2, 0) is 9.62 Å². The maximum Gasteiger partial charge on any atom is 0.144 e. The zero-order chi connectivity index (χ0) is 21.8. The van der Waals surface area contributed by atoms with E-state index >= 15 is 0 Å². The molecule has 164 valence electrons. The highest BCUT2D eigenvalue weighted by molar-refractivity contribution is 6.31. The zero-order valence-corrected chi connectivity index (χ0v) is 17.0. The molecular formula is C21H25ClO8. The van der Waals surface area contributed by atoms with Gasteiger partial charge in [0.05, 0.1) is 13.2 Å². The second-order valence-electron chi connectivity index (χ2n) is 7.02. The molecular weight excluding hydrogens is 416 g/mol. The van der Waals surface area contributed by atoms with E-state index in [0.29, 0.717) is 34.1 Å². The number of rotatable bonds is 7. The molecule has 8 nitrogen and oxygen atoms in total. The summed E-state index contributed by atoms with van der Waals surface area (Å²) in [6, 6.07) is 11.6. The van der Waals surface area contributed by atoms with Crippen LogP contribution in [0.1, 0.15) is 35.8 Å². The predicted molar refractivity (Wildman–Crippen MR) is 107 cm³/mol. The minimum absolute atomic E-state index is 0.302. The summed E-state index contributed by atoms with van der Waals surface area (Å²) < 4.78 is 11.0. The lowest BCUT2D eigenvalue weighted by molar-refractivity contribution is -0.270. The summed E-state index contributed by atoms with van der Waals surface area (Å²) in [6.07, 6.45) is -7.39. The Morgan fingerprint density at radius 3 is 2.33 bits per heavy atom. The van der Waals surface area contributed by atoms with E-state index < -0.39 is 43.2 Å². The second-order valence-corrected chi connectivity index (χ2v) is 7.43. The molecule has 9 heteroatoms. The Labute approximate surface area is 178 Å². The van der Waals surface area contributed by atoms with Crippen molar-refractivity contribution in [3.63, 3.8) is 0 Å². The third-order valence-corrected chi connectivity index (χ3v) is 5.47. The van der Waals surface area contributed by atoms with Crippen LogP contribution in [-0.4, -0.2) is 63.3 Å². The van der Waals surface area contributed by atoms with E-state index in [-0.39, 0.29) is 0 Å². The van der Waals surface area contributed by atoms with Crippen LogP contribution >= 0.6 is 11.6 Å².